The Hall–Kier alpha value is -1.32. The van der Waals surface area contributed by atoms with Crippen LogP contribution in [0.15, 0.2) is 0 Å². The average molecular weight is 470 g/mol. The monoisotopic (exact) mass is 469 g/mol. The molecule has 3 aliphatic rings. The van der Waals surface area contributed by atoms with Gasteiger partial charge in [0.25, 0.3) is 0 Å². The van der Waals surface area contributed by atoms with Crippen LogP contribution in [0.4, 0.5) is 4.79 Å². The van der Waals surface area contributed by atoms with Gasteiger partial charge in [0.05, 0.1) is 31.0 Å². The number of hydrogen-bond acceptors (Lipinski definition) is 6. The Morgan fingerprint density at radius 2 is 1.88 bits per heavy atom. The Kier molecular flexibility index (Phi) is 9.25. The summed E-state index contributed by atoms with van der Waals surface area (Å²) in [5.41, 5.74) is 0. The predicted molar refractivity (Wildman–Crippen MR) is 126 cm³/mol. The zero-order chi connectivity index (χ0) is 23.1. The van der Waals surface area contributed by atoms with Gasteiger partial charge in [-0.25, -0.2) is 4.79 Å². The normalized spacial score (nSPS) is 34.0. The highest BCUT2D eigenvalue weighted by Crippen LogP contribution is 2.34. The van der Waals surface area contributed by atoms with E-state index in [2.05, 4.69) is 29.8 Å². The number of quaternary nitrogens is 1. The highest BCUT2D eigenvalue weighted by molar-refractivity contribution is 8.00. The Bertz CT molecular complexity index is 678. The van der Waals surface area contributed by atoms with E-state index < -0.39 is 12.0 Å². The molecule has 8 nitrogen and oxygen atoms in total. The lowest BCUT2D eigenvalue weighted by Crippen LogP contribution is -2.59. The number of imide groups is 1. The molecule has 0 aromatic heterocycles. The van der Waals surface area contributed by atoms with Crippen molar-refractivity contribution in [2.45, 2.75) is 83.3 Å². The first-order valence-corrected chi connectivity index (χ1v) is 13.4. The summed E-state index contributed by atoms with van der Waals surface area (Å²) in [5.74, 6) is 0.647. The highest BCUT2D eigenvalue weighted by Gasteiger charge is 2.51. The number of hydrogen-bond donors (Lipinski definition) is 3. The summed E-state index contributed by atoms with van der Waals surface area (Å²) in [5, 5.41) is 8.73. The Balaban J connectivity index is 1.58. The number of alkyl carbamates (subject to hydrolysis) is 1. The maximum Gasteiger partial charge on any atom is 0.413 e. The van der Waals surface area contributed by atoms with Crippen LogP contribution in [0.5, 0.6) is 0 Å². The van der Waals surface area contributed by atoms with E-state index in [-0.39, 0.29) is 29.8 Å². The number of piperidine rings is 1. The number of unbranched alkanes of at least 4 members (excludes halogenated alkanes) is 3. The van der Waals surface area contributed by atoms with Gasteiger partial charge >= 0.3 is 6.09 Å². The minimum Gasteiger partial charge on any atom is -0.450 e. The van der Waals surface area contributed by atoms with E-state index in [0.29, 0.717) is 18.5 Å². The van der Waals surface area contributed by atoms with Crippen molar-refractivity contribution in [3.63, 3.8) is 0 Å². The number of amides is 3. The molecule has 0 saturated carbocycles. The molecule has 6 atom stereocenters. The number of carbonyl (C=O) groups excluding carboxylic acids is 3. The average Bonchev–Trinajstić information content (AvgIpc) is 3.36. The number of ether oxygens (including phenoxy) is 1. The van der Waals surface area contributed by atoms with E-state index in [4.69, 9.17) is 4.74 Å². The maximum atomic E-state index is 13.2. The molecule has 3 heterocycles. The molecular weight excluding hydrogens is 428 g/mol. The van der Waals surface area contributed by atoms with E-state index >= 15 is 0 Å². The number of thioether (sulfide) groups is 1. The smallest absolute Gasteiger partial charge is 0.413 e. The second-order valence-corrected chi connectivity index (χ2v) is 10.9. The molecule has 9 heteroatoms. The first-order chi connectivity index (χ1) is 15.4. The molecule has 32 heavy (non-hydrogen) atoms. The summed E-state index contributed by atoms with van der Waals surface area (Å²) in [6.07, 6.45) is 7.54. The van der Waals surface area contributed by atoms with Crippen LogP contribution in [0.25, 0.3) is 0 Å². The summed E-state index contributed by atoms with van der Waals surface area (Å²) in [6.45, 7) is 9.56. The van der Waals surface area contributed by atoms with Crippen LogP contribution in [0.3, 0.4) is 0 Å². The maximum absolute atomic E-state index is 13.2. The van der Waals surface area contributed by atoms with Crippen LogP contribution in [0.2, 0.25) is 0 Å². The molecule has 3 rings (SSSR count). The second-order valence-electron chi connectivity index (χ2n) is 9.69. The van der Waals surface area contributed by atoms with Crippen molar-refractivity contribution in [2.24, 2.45) is 11.8 Å². The van der Waals surface area contributed by atoms with Crippen LogP contribution in [0, 0.1) is 11.8 Å². The van der Waals surface area contributed by atoms with Crippen molar-refractivity contribution >= 4 is 29.7 Å². The van der Waals surface area contributed by atoms with E-state index in [0.717, 1.165) is 36.3 Å². The van der Waals surface area contributed by atoms with Gasteiger partial charge in [-0.05, 0) is 38.4 Å². The summed E-state index contributed by atoms with van der Waals surface area (Å²) in [6, 6.07) is -0.230. The standard InChI is InChI=1S/C23H40N4O4S/c1-4-6-7-8-12-27-14-16(3)9-10-19(27)24-18(15-27)21(29)25-22-17(11-13-32-22)20(28)26-23(30)31-5-2/h16-19,22,24H,4-15H2,1-3H3,(H-,25,26,28,29,30)/p+1. The summed E-state index contributed by atoms with van der Waals surface area (Å²) in [4.78, 5) is 37.4. The van der Waals surface area contributed by atoms with Crippen molar-refractivity contribution in [3.8, 4) is 0 Å². The Morgan fingerprint density at radius 1 is 1.06 bits per heavy atom. The molecule has 3 amide bonds. The van der Waals surface area contributed by atoms with Crippen molar-refractivity contribution in [1.29, 1.82) is 0 Å². The third kappa shape index (κ3) is 6.17. The molecule has 0 aliphatic carbocycles. The van der Waals surface area contributed by atoms with E-state index in [1.54, 1.807) is 18.7 Å². The first kappa shape index (κ1) is 25.3. The lowest BCUT2D eigenvalue weighted by molar-refractivity contribution is -0.948. The summed E-state index contributed by atoms with van der Waals surface area (Å²) < 4.78 is 5.82. The van der Waals surface area contributed by atoms with E-state index in [1.807, 2.05) is 0 Å². The van der Waals surface area contributed by atoms with Crippen molar-refractivity contribution < 1.29 is 23.6 Å². The molecule has 182 valence electrons. The number of rotatable bonds is 9. The molecule has 0 aromatic carbocycles. The molecular formula is C23H41N4O4S+. The number of nitrogens with one attached hydrogen (secondary N) is 3. The Morgan fingerprint density at radius 3 is 2.62 bits per heavy atom. The minimum atomic E-state index is -0.725. The fourth-order valence-corrected chi connectivity index (χ4v) is 6.93. The topological polar surface area (TPSA) is 96.5 Å². The van der Waals surface area contributed by atoms with Crippen molar-refractivity contribution in [2.75, 3.05) is 32.0 Å². The molecule has 3 fully saturated rings. The van der Waals surface area contributed by atoms with Gasteiger partial charge in [0.2, 0.25) is 11.8 Å². The number of fused-ring (bicyclic) bond motifs is 1. The first-order valence-electron chi connectivity index (χ1n) is 12.4. The van der Waals surface area contributed by atoms with Crippen LogP contribution >= 0.6 is 11.8 Å². The molecule has 0 spiro atoms. The van der Waals surface area contributed by atoms with E-state index in [9.17, 15) is 14.4 Å². The lowest BCUT2D eigenvalue weighted by Gasteiger charge is -2.45. The third-order valence-electron chi connectivity index (χ3n) is 7.20. The van der Waals surface area contributed by atoms with Gasteiger partial charge in [-0.3, -0.25) is 20.2 Å². The van der Waals surface area contributed by atoms with Gasteiger partial charge in [0.1, 0.15) is 18.8 Å². The molecule has 3 saturated heterocycles. The SMILES string of the molecule is CCCCCC[N+]12CC(C)CCC1NC(C(=O)NC1SCCC1C(=O)NC(=O)OCC)C2. The third-order valence-corrected chi connectivity index (χ3v) is 8.47. The molecule has 0 radical (unpaired) electrons. The number of nitrogens with zero attached hydrogens (tertiary/aromatic N) is 1. The van der Waals surface area contributed by atoms with Gasteiger partial charge in [-0.1, -0.05) is 26.7 Å². The molecule has 3 aliphatic heterocycles. The van der Waals surface area contributed by atoms with Gasteiger partial charge in [-0.2, -0.15) is 0 Å². The summed E-state index contributed by atoms with van der Waals surface area (Å²) in [7, 11) is 0. The molecule has 0 bridgehead atoms. The summed E-state index contributed by atoms with van der Waals surface area (Å²) >= 11 is 1.57. The fourth-order valence-electron chi connectivity index (χ4n) is 5.60. The second kappa shape index (κ2) is 11.7. The van der Waals surface area contributed by atoms with Gasteiger partial charge in [0, 0.05) is 12.3 Å². The van der Waals surface area contributed by atoms with Crippen LogP contribution in [-0.2, 0) is 14.3 Å². The van der Waals surface area contributed by atoms with Crippen molar-refractivity contribution in [1.82, 2.24) is 16.0 Å². The fraction of sp³-hybridized carbons (Fsp3) is 0.870. The highest BCUT2D eigenvalue weighted by atomic mass is 32.2. The van der Waals surface area contributed by atoms with Crippen molar-refractivity contribution in [3.05, 3.63) is 0 Å². The molecule has 6 unspecified atom stereocenters. The Labute approximate surface area is 196 Å². The molecule has 0 aromatic rings. The van der Waals surface area contributed by atoms with E-state index in [1.165, 1.54) is 32.1 Å². The predicted octanol–water partition coefficient (Wildman–Crippen LogP) is 2.58. The van der Waals surface area contributed by atoms with Gasteiger partial charge < -0.3 is 14.5 Å². The van der Waals surface area contributed by atoms with Gasteiger partial charge in [0.15, 0.2) is 0 Å². The molecule has 3 N–H and O–H groups in total. The quantitative estimate of drug-likeness (QED) is 0.355. The zero-order valence-corrected chi connectivity index (χ0v) is 20.7. The van der Waals surface area contributed by atoms with Gasteiger partial charge in [-0.15, -0.1) is 11.8 Å². The van der Waals surface area contributed by atoms with Crippen LogP contribution < -0.4 is 16.0 Å². The zero-order valence-electron chi connectivity index (χ0n) is 19.9. The van der Waals surface area contributed by atoms with Crippen LogP contribution in [-0.4, -0.2) is 72.0 Å². The lowest BCUT2D eigenvalue weighted by atomic mass is 9.95. The largest absolute Gasteiger partial charge is 0.450 e. The van der Waals surface area contributed by atoms with Crippen LogP contribution in [0.1, 0.15) is 65.7 Å². The number of carbonyl (C=O) groups is 3. The minimum absolute atomic E-state index is 0.0218.